The van der Waals surface area contributed by atoms with Gasteiger partial charge in [0.25, 0.3) is 0 Å². The lowest BCUT2D eigenvalue weighted by Gasteiger charge is -2.22. The molecule has 62 heavy (non-hydrogen) atoms. The summed E-state index contributed by atoms with van der Waals surface area (Å²) in [5.74, 6) is 0. The zero-order valence-corrected chi connectivity index (χ0v) is 39.3. The summed E-state index contributed by atoms with van der Waals surface area (Å²) in [5, 5.41) is 13.9. The molecule has 0 aliphatic rings. The van der Waals surface area contributed by atoms with Crippen molar-refractivity contribution >= 4 is 28.5 Å². The van der Waals surface area contributed by atoms with Crippen molar-refractivity contribution in [2.75, 3.05) is 51.3 Å². The number of anilines is 2. The van der Waals surface area contributed by atoms with E-state index in [1.165, 1.54) is 46.0 Å². The van der Waals surface area contributed by atoms with Gasteiger partial charge in [-0.05, 0) is 126 Å². The molecule has 0 heterocycles. The number of nitrogens with one attached hydrogen (secondary N) is 3. The normalized spacial score (nSPS) is 9.85. The SMILES string of the molecule is C.C=C(C)CNCC(=C)N.CCc1cccc(CN(CC(C)=N)CC(C)=Nc2ccccc2C)c1.CN.CNc1ccccc1N.Cc1ccccc1C.Cc1ccccc1C. The van der Waals surface area contributed by atoms with Gasteiger partial charge in [0.1, 0.15) is 0 Å². The monoisotopic (exact) mass is 843 g/mol. The number of hydrogen-bond acceptors (Lipinski definition) is 8. The van der Waals surface area contributed by atoms with Crippen molar-refractivity contribution in [3.05, 3.63) is 185 Å². The van der Waals surface area contributed by atoms with Gasteiger partial charge in [-0.3, -0.25) is 9.89 Å². The van der Waals surface area contributed by atoms with Crippen LogP contribution in [-0.2, 0) is 13.0 Å². The molecule has 0 spiro atoms. The van der Waals surface area contributed by atoms with Crippen LogP contribution in [0.2, 0.25) is 0 Å². The first-order valence-corrected chi connectivity index (χ1v) is 20.9. The average molecular weight is 843 g/mol. The summed E-state index contributed by atoms with van der Waals surface area (Å²) in [6.45, 7) is 29.7. The molecule has 0 saturated heterocycles. The fourth-order valence-electron chi connectivity index (χ4n) is 5.45. The second kappa shape index (κ2) is 34.9. The largest absolute Gasteiger partial charge is 0.401 e. The van der Waals surface area contributed by atoms with Crippen LogP contribution in [0.15, 0.2) is 151 Å². The number of rotatable bonds is 13. The summed E-state index contributed by atoms with van der Waals surface area (Å²) in [6.07, 6.45) is 1.05. The zero-order chi connectivity index (χ0) is 46.2. The molecule has 0 aromatic heterocycles. The fraction of sp³-hybridized carbons (Fsp3) is 0.333. The Morgan fingerprint density at radius 1 is 0.661 bits per heavy atom. The number of aliphatic imine (C=N–C) groups is 1. The summed E-state index contributed by atoms with van der Waals surface area (Å²) in [5.41, 5.74) is 31.0. The smallest absolute Gasteiger partial charge is 0.0658 e. The quantitative estimate of drug-likeness (QED) is 0.0396. The van der Waals surface area contributed by atoms with Crippen LogP contribution in [0.4, 0.5) is 17.1 Å². The summed E-state index contributed by atoms with van der Waals surface area (Å²) >= 11 is 0. The maximum atomic E-state index is 7.89. The molecule has 0 amide bonds. The fourth-order valence-corrected chi connectivity index (χ4v) is 5.45. The number of aryl methyl sites for hydroxylation is 6. The van der Waals surface area contributed by atoms with Crippen LogP contribution < -0.4 is 27.8 Å². The zero-order valence-electron chi connectivity index (χ0n) is 39.3. The first-order valence-electron chi connectivity index (χ1n) is 20.9. The predicted molar refractivity (Wildman–Crippen MR) is 279 cm³/mol. The molecule has 0 aliphatic carbocycles. The minimum atomic E-state index is 0. The number of benzene rings is 5. The highest BCUT2D eigenvalue weighted by atomic mass is 15.1. The van der Waals surface area contributed by atoms with Gasteiger partial charge in [0, 0.05) is 56.9 Å². The van der Waals surface area contributed by atoms with Crippen LogP contribution in [0, 0.1) is 40.0 Å². The highest BCUT2D eigenvalue weighted by Gasteiger charge is 2.10. The number of para-hydroxylation sites is 3. The molecule has 9 N–H and O–H groups in total. The summed E-state index contributed by atoms with van der Waals surface area (Å²) in [4.78, 5) is 7.07. The standard InChI is InChI=1S/C22H29N3.2C8H10.C7H10N2.C7H14N2.CH5N.CH4/c1-5-20-10-8-11-21(13-20)16-25(14-18(3)23)15-19(4)24-22-12-7-6-9-17(22)2;2*1-7-5-3-4-6-8(7)2;1-9-7-5-3-2-4-6(7)8;1-6(2)4-9-5-7(3)8;1-2;/h6-13,23H,5,14-16H2,1-4H3;2*3-6H,1-2H3;2-5,9H,8H2,1H3;9H,1,3-5,8H2,2H3;2H2,1H3;1H4. The second-order valence-electron chi connectivity index (χ2n) is 15.0. The topological polar surface area (TPSA) is 142 Å². The van der Waals surface area contributed by atoms with Gasteiger partial charge < -0.3 is 33.2 Å². The van der Waals surface area contributed by atoms with Crippen molar-refractivity contribution in [1.82, 2.24) is 10.2 Å². The van der Waals surface area contributed by atoms with Gasteiger partial charge in [-0.15, -0.1) is 0 Å². The van der Waals surface area contributed by atoms with Crippen molar-refractivity contribution in [1.29, 1.82) is 5.41 Å². The lowest BCUT2D eigenvalue weighted by Crippen LogP contribution is -2.32. The maximum Gasteiger partial charge on any atom is 0.0658 e. The lowest BCUT2D eigenvalue weighted by atomic mass is 10.1. The molecule has 0 radical (unpaired) electrons. The van der Waals surface area contributed by atoms with Gasteiger partial charge in [-0.1, -0.05) is 136 Å². The van der Waals surface area contributed by atoms with E-state index in [1.54, 1.807) is 0 Å². The van der Waals surface area contributed by atoms with Gasteiger partial charge in [-0.25, -0.2) is 0 Å². The Balaban J connectivity index is 0. The minimum absolute atomic E-state index is 0. The van der Waals surface area contributed by atoms with E-state index < -0.39 is 0 Å². The third-order valence-corrected chi connectivity index (χ3v) is 9.01. The van der Waals surface area contributed by atoms with Crippen molar-refractivity contribution < 1.29 is 0 Å². The molecular formula is C54H82N8. The number of nitrogen functional groups attached to an aromatic ring is 1. The van der Waals surface area contributed by atoms with Crippen molar-refractivity contribution in [3.63, 3.8) is 0 Å². The molecule has 5 aromatic rings. The molecule has 5 aromatic carbocycles. The van der Waals surface area contributed by atoms with Crippen LogP contribution in [-0.4, -0.2) is 56.6 Å². The van der Waals surface area contributed by atoms with E-state index in [2.05, 4.69) is 168 Å². The van der Waals surface area contributed by atoms with Crippen LogP contribution in [0.5, 0.6) is 0 Å². The van der Waals surface area contributed by atoms with Crippen molar-refractivity contribution in [2.45, 2.75) is 82.7 Å². The molecule has 8 nitrogen and oxygen atoms in total. The molecule has 0 unspecified atom stereocenters. The van der Waals surface area contributed by atoms with Gasteiger partial charge in [0.15, 0.2) is 0 Å². The van der Waals surface area contributed by atoms with Crippen LogP contribution in [0.25, 0.3) is 0 Å². The van der Waals surface area contributed by atoms with Crippen LogP contribution >= 0.6 is 0 Å². The molecule has 5 rings (SSSR count). The molecule has 0 bridgehead atoms. The first-order chi connectivity index (χ1) is 29.1. The maximum absolute atomic E-state index is 7.89. The number of hydrogen-bond donors (Lipinski definition) is 6. The Morgan fingerprint density at radius 3 is 1.53 bits per heavy atom. The Morgan fingerprint density at radius 2 is 1.13 bits per heavy atom. The lowest BCUT2D eigenvalue weighted by molar-refractivity contribution is 0.345. The van der Waals surface area contributed by atoms with E-state index in [0.717, 1.165) is 54.4 Å². The molecule has 0 atom stereocenters. The summed E-state index contributed by atoms with van der Waals surface area (Å²) < 4.78 is 0. The van der Waals surface area contributed by atoms with E-state index in [4.69, 9.17) is 21.9 Å². The first kappa shape index (κ1) is 58.3. The third-order valence-electron chi connectivity index (χ3n) is 9.01. The van der Waals surface area contributed by atoms with E-state index in [0.29, 0.717) is 24.5 Å². The molecule has 0 fully saturated rings. The number of nitrogens with two attached hydrogens (primary N) is 3. The van der Waals surface area contributed by atoms with Gasteiger partial charge >= 0.3 is 0 Å². The Hall–Kier alpha value is -5.80. The number of nitrogens with zero attached hydrogens (tertiary/aromatic N) is 2. The van der Waals surface area contributed by atoms with Gasteiger partial charge in [0.2, 0.25) is 0 Å². The van der Waals surface area contributed by atoms with Crippen molar-refractivity contribution in [2.24, 2.45) is 16.5 Å². The van der Waals surface area contributed by atoms with Gasteiger partial charge in [-0.2, -0.15) is 0 Å². The molecule has 0 saturated carbocycles. The Labute approximate surface area is 378 Å². The average Bonchev–Trinajstić information content (AvgIpc) is 3.22. The molecular weight excluding hydrogens is 761 g/mol. The molecule has 0 aliphatic heterocycles. The third kappa shape index (κ3) is 27.9. The Kier molecular flexibility index (Phi) is 32.8. The van der Waals surface area contributed by atoms with E-state index in [9.17, 15) is 0 Å². The van der Waals surface area contributed by atoms with E-state index in [-0.39, 0.29) is 7.43 Å². The predicted octanol–water partition coefficient (Wildman–Crippen LogP) is 11.9. The van der Waals surface area contributed by atoms with E-state index >= 15 is 0 Å². The summed E-state index contributed by atoms with van der Waals surface area (Å²) in [7, 11) is 3.35. The Bertz CT molecular complexity index is 1930. The summed E-state index contributed by atoms with van der Waals surface area (Å²) in [6, 6.07) is 41.3. The highest BCUT2D eigenvalue weighted by Crippen LogP contribution is 2.18. The second-order valence-corrected chi connectivity index (χ2v) is 15.0. The van der Waals surface area contributed by atoms with Crippen molar-refractivity contribution in [3.8, 4) is 0 Å². The van der Waals surface area contributed by atoms with Crippen LogP contribution in [0.3, 0.4) is 0 Å². The molecule has 8 heteroatoms. The molecule has 338 valence electrons. The van der Waals surface area contributed by atoms with Crippen LogP contribution in [0.1, 0.15) is 74.1 Å². The van der Waals surface area contributed by atoms with Gasteiger partial charge in [0.05, 0.1) is 17.1 Å². The minimum Gasteiger partial charge on any atom is -0.401 e. The van der Waals surface area contributed by atoms with E-state index in [1.807, 2.05) is 57.3 Å². The highest BCUT2D eigenvalue weighted by molar-refractivity contribution is 5.87.